The average Bonchev–Trinajstić information content (AvgIpc) is 4.33. The molecule has 498 valence electrons. The van der Waals surface area contributed by atoms with E-state index in [0.29, 0.717) is 69.5 Å². The maximum absolute atomic E-state index is 11.2. The highest BCUT2D eigenvalue weighted by atomic mass is 32.2. The van der Waals surface area contributed by atoms with E-state index in [1.807, 2.05) is 42.5 Å². The number of nitrogens with zero attached hydrogens (tertiary/aromatic N) is 11. The third-order valence-electron chi connectivity index (χ3n) is 12.6. The van der Waals surface area contributed by atoms with Gasteiger partial charge >= 0.3 is 0 Å². The molecule has 5 N–H and O–H groups in total. The smallest absolute Gasteiger partial charge is 0.274 e. The fourth-order valence-corrected chi connectivity index (χ4v) is 8.01. The number of hydrogen-bond donors (Lipinski definition) is 5. The molecule has 0 radical (unpaired) electrons. The first-order valence-electron chi connectivity index (χ1n) is 30.8. The number of nitro groups is 1. The minimum absolute atomic E-state index is 0.0285. The highest BCUT2D eigenvalue weighted by Crippen LogP contribution is 2.24. The quantitative estimate of drug-likeness (QED) is 0.0146. The Hall–Kier alpha value is -5.33. The standard InChI is InChI=1S/C14H27N3O.C12H20N2O2.C10H19N3O.C9H19N3O2.C9H17N3.C8H19NO2S/c1-13(2,3)8-7-9-17-10-12(15-16-17)11-18-14(4,5)6;1-12(2,3)6-5-7-14-9-8(13-4)10(15)11(9)16;1-10(2,3)5-4-6-13-7-9(8-14)11-12-13;1-8(2)5-4-6-11-9(10-3)7-12(13)14;1-9(2,3)5-4-7-12-8-6-10-11-12;1-8(2)6-5-7-9(3)12(4,10)11/h10H,7-9,11H2,1-6H3;13-14H,5-7H2,1-4H3;7,14H,4-6,8H2,1-3H3;7-8,10-11H,4-6H2,1-3H3;6,8H,4-5,7H2,1-3H3;8H,5-7H2,1-4H3/b;;;9-7+;;. The summed E-state index contributed by atoms with van der Waals surface area (Å²) in [5.41, 5.74) is 2.96. The third kappa shape index (κ3) is 47.8. The Labute approximate surface area is 519 Å². The van der Waals surface area contributed by atoms with E-state index in [9.17, 15) is 28.1 Å². The predicted molar refractivity (Wildman–Crippen MR) is 352 cm³/mol. The van der Waals surface area contributed by atoms with Crippen molar-refractivity contribution in [3.8, 4) is 0 Å². The molecule has 0 amide bonds. The zero-order chi connectivity index (χ0) is 66.5. The second kappa shape index (κ2) is 41.8. The Balaban J connectivity index is 0. The first-order valence-corrected chi connectivity index (χ1v) is 32.7. The van der Waals surface area contributed by atoms with Crippen LogP contribution in [0, 0.1) is 43.6 Å². The van der Waals surface area contributed by atoms with E-state index in [1.165, 1.54) is 36.2 Å². The van der Waals surface area contributed by atoms with Crippen molar-refractivity contribution in [2.45, 2.75) is 247 Å². The Kier molecular flexibility index (Phi) is 40.2. The van der Waals surface area contributed by atoms with Crippen LogP contribution in [0.5, 0.6) is 0 Å². The summed E-state index contributed by atoms with van der Waals surface area (Å²) in [6, 6.07) is 0. The first-order chi connectivity index (χ1) is 39.5. The van der Waals surface area contributed by atoms with Gasteiger partial charge < -0.3 is 31.1 Å². The van der Waals surface area contributed by atoms with Gasteiger partial charge in [0.15, 0.2) is 5.82 Å². The Morgan fingerprint density at radius 1 is 0.686 bits per heavy atom. The van der Waals surface area contributed by atoms with Crippen LogP contribution in [0.4, 0.5) is 11.4 Å². The molecular formula is C62H121N15O8S. The van der Waals surface area contributed by atoms with Crippen LogP contribution in [-0.2, 0) is 47.6 Å². The van der Waals surface area contributed by atoms with Crippen molar-refractivity contribution < 1.29 is 23.2 Å². The zero-order valence-corrected chi connectivity index (χ0v) is 58.6. The van der Waals surface area contributed by atoms with E-state index in [1.54, 1.807) is 38.2 Å². The second-order valence-corrected chi connectivity index (χ2v) is 30.7. The van der Waals surface area contributed by atoms with Gasteiger partial charge in [-0.3, -0.25) is 33.7 Å². The lowest BCUT2D eigenvalue weighted by atomic mass is 9.90. The van der Waals surface area contributed by atoms with E-state index in [-0.39, 0.29) is 12.2 Å². The summed E-state index contributed by atoms with van der Waals surface area (Å²) in [5.74, 6) is 1.78. The number of aliphatic hydroxyl groups excluding tert-OH is 1. The lowest BCUT2D eigenvalue weighted by Crippen LogP contribution is -2.37. The predicted octanol–water partition coefficient (Wildman–Crippen LogP) is 11.3. The average molecular weight is 1240 g/mol. The fraction of sp³-hybridized carbons (Fsp3) is 0.806. The number of aliphatic hydroxyl groups is 1. The van der Waals surface area contributed by atoms with Gasteiger partial charge in [-0.25, -0.2) is 12.7 Å². The minimum Gasteiger partial charge on any atom is -0.390 e. The molecule has 86 heavy (non-hydrogen) atoms. The monoisotopic (exact) mass is 1240 g/mol. The molecule has 0 saturated heterocycles. The topological polar surface area (TPSA) is 284 Å². The normalized spacial score (nSPS) is 12.2. The molecular weight excluding hydrogens is 1110 g/mol. The SMILES string of the molecule is CC(C)(C)CCCn1cc(CO)nn1.CC(C)(C)CCCn1cc(COC(C)(C)C)nn1.CC(C)(C)CCCn1ccnn1.CC(C)CCCN(C)S(C)(=O)=O.CN/C(=C\[N+](=O)[O-])NCCCC(C)C.CNc1c(NCCCC(C)(C)C)c(=O)c1=O. The summed E-state index contributed by atoms with van der Waals surface area (Å²) in [7, 11) is 1.96. The molecule has 0 fully saturated rings. The van der Waals surface area contributed by atoms with Crippen molar-refractivity contribution in [2.75, 3.05) is 57.7 Å². The van der Waals surface area contributed by atoms with Crippen LogP contribution in [0.3, 0.4) is 0 Å². The molecule has 0 spiro atoms. The van der Waals surface area contributed by atoms with Crippen molar-refractivity contribution in [3.63, 3.8) is 0 Å². The van der Waals surface area contributed by atoms with Crippen molar-refractivity contribution in [3.05, 3.63) is 78.8 Å². The van der Waals surface area contributed by atoms with Crippen LogP contribution in [0.1, 0.15) is 220 Å². The highest BCUT2D eigenvalue weighted by Gasteiger charge is 2.20. The van der Waals surface area contributed by atoms with Crippen LogP contribution in [0.25, 0.3) is 0 Å². The molecule has 0 aliphatic rings. The van der Waals surface area contributed by atoms with Gasteiger partial charge in [-0.05, 0) is 131 Å². The Morgan fingerprint density at radius 2 is 1.14 bits per heavy atom. The number of nitrogens with one attached hydrogen (secondary N) is 4. The summed E-state index contributed by atoms with van der Waals surface area (Å²) >= 11 is 0. The van der Waals surface area contributed by atoms with Gasteiger partial charge in [0.05, 0.1) is 48.6 Å². The molecule has 3 heterocycles. The maximum Gasteiger partial charge on any atom is 0.274 e. The van der Waals surface area contributed by atoms with Crippen LogP contribution in [0.15, 0.2) is 46.4 Å². The van der Waals surface area contributed by atoms with E-state index in [0.717, 1.165) is 96.0 Å². The van der Waals surface area contributed by atoms with E-state index >= 15 is 0 Å². The van der Waals surface area contributed by atoms with Crippen LogP contribution >= 0.6 is 0 Å². The molecule has 0 saturated carbocycles. The number of ether oxygens (including phenoxy) is 1. The summed E-state index contributed by atoms with van der Waals surface area (Å²) in [6.07, 6.45) is 22.8. The van der Waals surface area contributed by atoms with Gasteiger partial charge in [0, 0.05) is 66.6 Å². The molecule has 4 rings (SSSR count). The van der Waals surface area contributed by atoms with Gasteiger partial charge in [-0.1, -0.05) is 126 Å². The molecule has 4 aromatic rings. The number of sulfonamides is 1. The molecule has 24 heteroatoms. The number of anilines is 2. The highest BCUT2D eigenvalue weighted by molar-refractivity contribution is 7.88. The summed E-state index contributed by atoms with van der Waals surface area (Å²) in [4.78, 5) is 32.0. The number of hydrogen-bond acceptors (Lipinski definition) is 18. The van der Waals surface area contributed by atoms with Gasteiger partial charge in [-0.15, -0.1) is 15.3 Å². The van der Waals surface area contributed by atoms with Gasteiger partial charge in [0.25, 0.3) is 17.1 Å². The first kappa shape index (κ1) is 82.7. The lowest BCUT2D eigenvalue weighted by molar-refractivity contribution is -0.404. The molecule has 0 bridgehead atoms. The number of aryl methyl sites for hydroxylation is 3. The fourth-order valence-electron chi connectivity index (χ4n) is 7.55. The van der Waals surface area contributed by atoms with Crippen LogP contribution < -0.4 is 32.1 Å². The van der Waals surface area contributed by atoms with Gasteiger partial charge in [0.1, 0.15) is 22.8 Å². The minimum atomic E-state index is -2.97. The Bertz CT molecular complexity index is 2590. The van der Waals surface area contributed by atoms with E-state index < -0.39 is 25.8 Å². The summed E-state index contributed by atoms with van der Waals surface area (Å²) < 4.78 is 34.5. The van der Waals surface area contributed by atoms with Crippen molar-refractivity contribution in [1.82, 2.24) is 59.9 Å². The van der Waals surface area contributed by atoms with Crippen LogP contribution in [-0.4, -0.2) is 120 Å². The summed E-state index contributed by atoms with van der Waals surface area (Å²) in [6.45, 7) is 46.9. The number of rotatable bonds is 29. The lowest BCUT2D eigenvalue weighted by Gasteiger charge is -2.18. The van der Waals surface area contributed by atoms with E-state index in [2.05, 4.69) is 163 Å². The van der Waals surface area contributed by atoms with Gasteiger partial charge in [0.2, 0.25) is 10.0 Å². The molecule has 3 aromatic heterocycles. The molecule has 0 aliphatic heterocycles. The summed E-state index contributed by atoms with van der Waals surface area (Å²) in [5, 5.41) is 54.0. The van der Waals surface area contributed by atoms with Crippen molar-refractivity contribution in [1.29, 1.82) is 0 Å². The molecule has 0 atom stereocenters. The largest absolute Gasteiger partial charge is 0.390 e. The van der Waals surface area contributed by atoms with Crippen LogP contribution in [0.2, 0.25) is 0 Å². The molecule has 0 unspecified atom stereocenters. The molecule has 1 aromatic carbocycles. The van der Waals surface area contributed by atoms with E-state index in [4.69, 9.17) is 9.84 Å². The third-order valence-corrected chi connectivity index (χ3v) is 13.9. The molecule has 23 nitrogen and oxygen atoms in total. The number of aromatic nitrogens is 9. The van der Waals surface area contributed by atoms with Gasteiger partial charge in [-0.2, -0.15) is 0 Å². The Morgan fingerprint density at radius 3 is 1.53 bits per heavy atom. The van der Waals surface area contributed by atoms with Crippen molar-refractivity contribution in [2.24, 2.45) is 33.5 Å². The maximum atomic E-state index is 11.2. The van der Waals surface area contributed by atoms with Crippen molar-refractivity contribution >= 4 is 21.4 Å². The second-order valence-electron chi connectivity index (χ2n) is 28.6. The molecule has 0 aliphatic carbocycles. The zero-order valence-electron chi connectivity index (χ0n) is 57.8.